The molecule has 1 aliphatic carbocycles. The third-order valence-corrected chi connectivity index (χ3v) is 3.93. The Bertz CT molecular complexity index is 366. The summed E-state index contributed by atoms with van der Waals surface area (Å²) in [6, 6.07) is 0. The Morgan fingerprint density at radius 3 is 2.56 bits per heavy atom. The molecule has 1 saturated carbocycles. The van der Waals surface area contributed by atoms with Crippen LogP contribution in [0.4, 0.5) is 0 Å². The summed E-state index contributed by atoms with van der Waals surface area (Å²) in [5.74, 6) is 0.771. The monoisotopic (exact) mass is 222 g/mol. The minimum Gasteiger partial charge on any atom is -0.393 e. The van der Waals surface area contributed by atoms with Crippen molar-refractivity contribution in [3.63, 3.8) is 0 Å². The lowest BCUT2D eigenvalue weighted by Gasteiger charge is -2.27. The molecule has 1 heterocycles. The van der Waals surface area contributed by atoms with E-state index in [4.69, 9.17) is 0 Å². The van der Waals surface area contributed by atoms with Gasteiger partial charge < -0.3 is 5.11 Å². The highest BCUT2D eigenvalue weighted by Crippen LogP contribution is 2.31. The van der Waals surface area contributed by atoms with Crippen LogP contribution >= 0.6 is 0 Å². The summed E-state index contributed by atoms with van der Waals surface area (Å²) in [6.07, 6.45) is 5.51. The first-order valence-electron chi connectivity index (χ1n) is 6.25. The summed E-state index contributed by atoms with van der Waals surface area (Å²) in [5.41, 5.74) is 3.48. The number of nitrogens with zero attached hydrogens (tertiary/aromatic N) is 2. The molecular weight excluding hydrogens is 200 g/mol. The van der Waals surface area contributed by atoms with Gasteiger partial charge in [-0.25, -0.2) is 0 Å². The van der Waals surface area contributed by atoms with Crippen LogP contribution in [0.5, 0.6) is 0 Å². The zero-order valence-electron chi connectivity index (χ0n) is 10.5. The third-order valence-electron chi connectivity index (χ3n) is 3.93. The summed E-state index contributed by atoms with van der Waals surface area (Å²) in [5, 5.41) is 14.4. The lowest BCUT2D eigenvalue weighted by Crippen LogP contribution is -2.21. The molecular formula is C13H22N2O. The second kappa shape index (κ2) is 4.58. The Hall–Kier alpha value is -0.830. The van der Waals surface area contributed by atoms with Crippen LogP contribution in [-0.2, 0) is 13.5 Å². The van der Waals surface area contributed by atoms with Crippen molar-refractivity contribution in [2.75, 3.05) is 0 Å². The van der Waals surface area contributed by atoms with Gasteiger partial charge in [-0.15, -0.1) is 0 Å². The van der Waals surface area contributed by atoms with Gasteiger partial charge in [0.25, 0.3) is 0 Å². The van der Waals surface area contributed by atoms with Gasteiger partial charge in [0.15, 0.2) is 0 Å². The molecule has 1 aromatic rings. The maximum absolute atomic E-state index is 10.1. The molecule has 0 saturated heterocycles. The summed E-state index contributed by atoms with van der Waals surface area (Å²) < 4.78 is 1.90. The van der Waals surface area contributed by atoms with Crippen LogP contribution in [0.25, 0.3) is 0 Å². The van der Waals surface area contributed by atoms with Gasteiger partial charge in [0.2, 0.25) is 0 Å². The van der Waals surface area contributed by atoms with Gasteiger partial charge in [0.05, 0.1) is 11.8 Å². The second-order valence-electron chi connectivity index (χ2n) is 5.16. The van der Waals surface area contributed by atoms with Gasteiger partial charge >= 0.3 is 0 Å². The smallest absolute Gasteiger partial charge is 0.0629 e. The lowest BCUT2D eigenvalue weighted by molar-refractivity contribution is 0.117. The van der Waals surface area contributed by atoms with Gasteiger partial charge in [0, 0.05) is 19.2 Å². The number of aryl methyl sites for hydroxylation is 2. The fourth-order valence-corrected chi connectivity index (χ4v) is 2.55. The van der Waals surface area contributed by atoms with Crippen molar-refractivity contribution in [3.8, 4) is 0 Å². The number of aromatic nitrogens is 2. The molecule has 0 radical (unpaired) electrons. The van der Waals surface area contributed by atoms with Gasteiger partial charge in [0.1, 0.15) is 0 Å². The molecule has 1 atom stereocenters. The van der Waals surface area contributed by atoms with E-state index < -0.39 is 0 Å². The molecule has 1 fully saturated rings. The maximum atomic E-state index is 10.1. The molecule has 1 aromatic heterocycles. The second-order valence-corrected chi connectivity index (χ2v) is 5.16. The van der Waals surface area contributed by atoms with E-state index in [-0.39, 0.29) is 6.10 Å². The SMILES string of the molecule is Cc1nn(C)c(C)c1CC(O)CC1CCC1. The quantitative estimate of drug-likeness (QED) is 0.847. The van der Waals surface area contributed by atoms with E-state index >= 15 is 0 Å². The molecule has 1 unspecified atom stereocenters. The standard InChI is InChI=1S/C13H22N2O/c1-9-13(10(2)15(3)14-9)8-12(16)7-11-5-4-6-11/h11-12,16H,4-8H2,1-3H3. The number of hydrogen-bond donors (Lipinski definition) is 1. The lowest BCUT2D eigenvalue weighted by atomic mass is 9.80. The van der Waals surface area contributed by atoms with Crippen LogP contribution in [0.3, 0.4) is 0 Å². The summed E-state index contributed by atoms with van der Waals surface area (Å²) >= 11 is 0. The van der Waals surface area contributed by atoms with E-state index in [0.717, 1.165) is 24.5 Å². The molecule has 16 heavy (non-hydrogen) atoms. The van der Waals surface area contributed by atoms with E-state index in [1.54, 1.807) is 0 Å². The largest absolute Gasteiger partial charge is 0.393 e. The average molecular weight is 222 g/mol. The molecule has 3 heteroatoms. The highest BCUT2D eigenvalue weighted by atomic mass is 16.3. The van der Waals surface area contributed by atoms with Crippen molar-refractivity contribution in [3.05, 3.63) is 17.0 Å². The van der Waals surface area contributed by atoms with Crippen molar-refractivity contribution in [2.24, 2.45) is 13.0 Å². The van der Waals surface area contributed by atoms with Gasteiger partial charge in [-0.2, -0.15) is 5.10 Å². The van der Waals surface area contributed by atoms with E-state index in [0.29, 0.717) is 0 Å². The maximum Gasteiger partial charge on any atom is 0.0629 e. The molecule has 0 amide bonds. The first-order chi connectivity index (χ1) is 7.58. The Morgan fingerprint density at radius 2 is 2.12 bits per heavy atom. The van der Waals surface area contributed by atoms with Gasteiger partial charge in [-0.1, -0.05) is 19.3 Å². The van der Waals surface area contributed by atoms with E-state index in [2.05, 4.69) is 12.0 Å². The minimum absolute atomic E-state index is 0.188. The predicted molar refractivity (Wildman–Crippen MR) is 64.4 cm³/mol. The number of aliphatic hydroxyl groups is 1. The molecule has 0 aliphatic heterocycles. The summed E-state index contributed by atoms with van der Waals surface area (Å²) in [7, 11) is 1.96. The molecule has 1 aliphatic rings. The van der Waals surface area contributed by atoms with Crippen molar-refractivity contribution >= 4 is 0 Å². The van der Waals surface area contributed by atoms with Crippen LogP contribution in [0.1, 0.15) is 42.6 Å². The highest BCUT2D eigenvalue weighted by molar-refractivity contribution is 5.25. The molecule has 2 rings (SSSR count). The molecule has 0 bridgehead atoms. The Kier molecular flexibility index (Phi) is 3.33. The average Bonchev–Trinajstić information content (AvgIpc) is 2.39. The molecule has 1 N–H and O–H groups in total. The third kappa shape index (κ3) is 2.29. The first kappa shape index (κ1) is 11.6. The molecule has 0 aromatic carbocycles. The van der Waals surface area contributed by atoms with Crippen molar-refractivity contribution in [2.45, 2.75) is 52.1 Å². The van der Waals surface area contributed by atoms with Crippen LogP contribution in [0.2, 0.25) is 0 Å². The van der Waals surface area contributed by atoms with Crippen LogP contribution < -0.4 is 0 Å². The minimum atomic E-state index is -0.188. The van der Waals surface area contributed by atoms with E-state index in [9.17, 15) is 5.11 Å². The van der Waals surface area contributed by atoms with Crippen LogP contribution in [0, 0.1) is 19.8 Å². The zero-order valence-corrected chi connectivity index (χ0v) is 10.5. The molecule has 90 valence electrons. The first-order valence-corrected chi connectivity index (χ1v) is 6.25. The van der Waals surface area contributed by atoms with Crippen molar-refractivity contribution < 1.29 is 5.11 Å². The molecule has 3 nitrogen and oxygen atoms in total. The summed E-state index contributed by atoms with van der Waals surface area (Å²) in [4.78, 5) is 0. The Balaban J connectivity index is 1.96. The fourth-order valence-electron chi connectivity index (χ4n) is 2.55. The summed E-state index contributed by atoms with van der Waals surface area (Å²) in [6.45, 7) is 4.10. The molecule has 0 spiro atoms. The zero-order chi connectivity index (χ0) is 11.7. The Labute approximate surface area is 97.5 Å². The number of aliphatic hydroxyl groups excluding tert-OH is 1. The van der Waals surface area contributed by atoms with Crippen molar-refractivity contribution in [1.29, 1.82) is 0 Å². The van der Waals surface area contributed by atoms with Crippen LogP contribution in [0.15, 0.2) is 0 Å². The number of rotatable bonds is 4. The van der Waals surface area contributed by atoms with Crippen LogP contribution in [-0.4, -0.2) is 21.0 Å². The van der Waals surface area contributed by atoms with E-state index in [1.165, 1.54) is 30.5 Å². The fraction of sp³-hybridized carbons (Fsp3) is 0.769. The number of hydrogen-bond acceptors (Lipinski definition) is 2. The predicted octanol–water partition coefficient (Wildman–Crippen LogP) is 2.13. The normalized spacial score (nSPS) is 18.5. The topological polar surface area (TPSA) is 38.0 Å². The Morgan fingerprint density at radius 1 is 1.44 bits per heavy atom. The van der Waals surface area contributed by atoms with Crippen molar-refractivity contribution in [1.82, 2.24) is 9.78 Å². The highest BCUT2D eigenvalue weighted by Gasteiger charge is 2.22. The van der Waals surface area contributed by atoms with Gasteiger partial charge in [-0.05, 0) is 31.7 Å². The van der Waals surface area contributed by atoms with Gasteiger partial charge in [-0.3, -0.25) is 4.68 Å². The van der Waals surface area contributed by atoms with E-state index in [1.807, 2.05) is 18.7 Å².